The topological polar surface area (TPSA) is 50.2 Å². The summed E-state index contributed by atoms with van der Waals surface area (Å²) >= 11 is 1.42. The number of carbonyl (C=O) groups is 1. The highest BCUT2D eigenvalue weighted by atomic mass is 32.2. The maximum atomic E-state index is 11.7. The molecular weight excluding hydrogens is 284 g/mol. The van der Waals surface area contributed by atoms with Crippen LogP contribution in [-0.2, 0) is 4.79 Å². The van der Waals surface area contributed by atoms with Crippen LogP contribution >= 0.6 is 11.8 Å². The van der Waals surface area contributed by atoms with Crippen LogP contribution in [0.1, 0.15) is 11.1 Å². The molecule has 0 unspecified atom stereocenters. The van der Waals surface area contributed by atoms with Gasteiger partial charge in [0.05, 0.1) is 5.75 Å². The monoisotopic (exact) mass is 304 g/mol. The second-order valence-electron chi connectivity index (χ2n) is 5.07. The fraction of sp³-hybridized carbons (Fsp3) is 0.333. The smallest absolute Gasteiger partial charge is 0.244 e. The third-order valence-corrected chi connectivity index (χ3v) is 4.02. The molecule has 0 fully saturated rings. The number of aromatic nitrogens is 2. The molecule has 0 aliphatic carbocycles. The molecule has 0 aliphatic heterocycles. The quantitative estimate of drug-likeness (QED) is 0.679. The summed E-state index contributed by atoms with van der Waals surface area (Å²) in [6, 6.07) is 6.28. The zero-order chi connectivity index (χ0) is 15.4. The van der Waals surface area contributed by atoms with Gasteiger partial charge in [-0.1, -0.05) is 17.8 Å². The number of imidazole rings is 1. The summed E-state index contributed by atoms with van der Waals surface area (Å²) in [5.41, 5.74) is 6.28. The number of nitrogens with one attached hydrogen (secondary N) is 1. The van der Waals surface area contributed by atoms with Gasteiger partial charge in [0, 0.05) is 32.2 Å². The maximum absolute atomic E-state index is 11.7. The molecule has 112 valence electrons. The van der Waals surface area contributed by atoms with Gasteiger partial charge < -0.3 is 0 Å². The average Bonchev–Trinajstić information content (AvgIpc) is 2.87. The van der Waals surface area contributed by atoms with Gasteiger partial charge in [0.1, 0.15) is 0 Å². The van der Waals surface area contributed by atoms with Crippen molar-refractivity contribution in [1.29, 1.82) is 0 Å². The Labute approximate surface area is 129 Å². The Kier molecular flexibility index (Phi) is 5.03. The Morgan fingerprint density at radius 3 is 2.76 bits per heavy atom. The number of carbonyl (C=O) groups excluding carboxylic acids is 1. The number of rotatable bonds is 5. The molecule has 1 aromatic carbocycles. The summed E-state index contributed by atoms with van der Waals surface area (Å²) in [6.45, 7) is 4.18. The van der Waals surface area contributed by atoms with Crippen LogP contribution < -0.4 is 5.43 Å². The minimum atomic E-state index is -0.0420. The van der Waals surface area contributed by atoms with Crippen LogP contribution in [0.25, 0.3) is 5.69 Å². The third-order valence-electron chi connectivity index (χ3n) is 3.06. The van der Waals surface area contributed by atoms with Crippen LogP contribution in [-0.4, -0.2) is 40.3 Å². The minimum Gasteiger partial charge on any atom is -0.295 e. The van der Waals surface area contributed by atoms with E-state index in [4.69, 9.17) is 0 Å². The third kappa shape index (κ3) is 4.09. The molecule has 0 spiro atoms. The molecule has 0 saturated carbocycles. The second-order valence-corrected chi connectivity index (χ2v) is 6.01. The highest BCUT2D eigenvalue weighted by Gasteiger charge is 2.09. The number of amides is 1. The summed E-state index contributed by atoms with van der Waals surface area (Å²) in [6.07, 6.45) is 3.66. The number of nitrogens with zero attached hydrogens (tertiary/aromatic N) is 3. The molecule has 5 nitrogen and oxygen atoms in total. The van der Waals surface area contributed by atoms with Crippen molar-refractivity contribution < 1.29 is 4.79 Å². The zero-order valence-electron chi connectivity index (χ0n) is 12.8. The van der Waals surface area contributed by atoms with E-state index in [-0.39, 0.29) is 5.91 Å². The molecule has 21 heavy (non-hydrogen) atoms. The highest BCUT2D eigenvalue weighted by Crippen LogP contribution is 2.21. The first-order chi connectivity index (χ1) is 9.97. The molecule has 0 radical (unpaired) electrons. The Morgan fingerprint density at radius 1 is 1.33 bits per heavy atom. The lowest BCUT2D eigenvalue weighted by Crippen LogP contribution is -2.37. The number of aryl methyl sites for hydroxylation is 2. The molecular formula is C15H20N4OS. The Balaban J connectivity index is 2.11. The van der Waals surface area contributed by atoms with Gasteiger partial charge in [0.2, 0.25) is 5.91 Å². The number of hydrogen-bond acceptors (Lipinski definition) is 4. The van der Waals surface area contributed by atoms with Gasteiger partial charge in [-0.3, -0.25) is 14.8 Å². The van der Waals surface area contributed by atoms with Crippen molar-refractivity contribution in [3.8, 4) is 5.69 Å². The normalized spacial score (nSPS) is 10.9. The van der Waals surface area contributed by atoms with E-state index in [0.29, 0.717) is 5.75 Å². The summed E-state index contributed by atoms with van der Waals surface area (Å²) in [7, 11) is 3.58. The predicted octanol–water partition coefficient (Wildman–Crippen LogP) is 2.17. The molecule has 0 bridgehead atoms. The molecule has 0 saturated heterocycles. The van der Waals surface area contributed by atoms with E-state index in [1.165, 1.54) is 22.9 Å². The molecule has 0 atom stereocenters. The summed E-state index contributed by atoms with van der Waals surface area (Å²) in [5, 5.41) is 2.45. The van der Waals surface area contributed by atoms with Gasteiger partial charge in [-0.15, -0.1) is 0 Å². The maximum Gasteiger partial charge on any atom is 0.244 e. The number of hydrogen-bond donors (Lipinski definition) is 1. The van der Waals surface area contributed by atoms with Crippen LogP contribution in [0.15, 0.2) is 35.7 Å². The summed E-state index contributed by atoms with van der Waals surface area (Å²) in [4.78, 5) is 16.0. The van der Waals surface area contributed by atoms with Crippen molar-refractivity contribution >= 4 is 17.7 Å². The lowest BCUT2D eigenvalue weighted by Gasteiger charge is -2.12. The lowest BCUT2D eigenvalue weighted by molar-refractivity contribution is -0.122. The molecule has 6 heteroatoms. The highest BCUT2D eigenvalue weighted by molar-refractivity contribution is 7.99. The van der Waals surface area contributed by atoms with Gasteiger partial charge in [-0.2, -0.15) is 0 Å². The Hall–Kier alpha value is -1.79. The van der Waals surface area contributed by atoms with E-state index in [2.05, 4.69) is 42.5 Å². The van der Waals surface area contributed by atoms with Crippen LogP contribution in [0.2, 0.25) is 0 Å². The first-order valence-electron chi connectivity index (χ1n) is 6.68. The molecule has 1 N–H and O–H groups in total. The number of benzene rings is 1. The zero-order valence-corrected chi connectivity index (χ0v) is 13.6. The largest absolute Gasteiger partial charge is 0.295 e. The fourth-order valence-electron chi connectivity index (χ4n) is 1.88. The molecule has 2 aromatic rings. The lowest BCUT2D eigenvalue weighted by atomic mass is 10.1. The van der Waals surface area contributed by atoms with E-state index >= 15 is 0 Å². The van der Waals surface area contributed by atoms with E-state index < -0.39 is 0 Å². The number of thioether (sulfide) groups is 1. The SMILES string of the molecule is Cc1ccc(-n2ccnc2SCC(=O)NN(C)C)cc1C. The van der Waals surface area contributed by atoms with Crippen molar-refractivity contribution in [2.45, 2.75) is 19.0 Å². The minimum absolute atomic E-state index is 0.0420. The van der Waals surface area contributed by atoms with Crippen LogP contribution in [0, 0.1) is 13.8 Å². The number of hydrazine groups is 1. The molecule has 2 rings (SSSR count). The van der Waals surface area contributed by atoms with Gasteiger partial charge >= 0.3 is 0 Å². The Morgan fingerprint density at radius 2 is 2.10 bits per heavy atom. The molecule has 1 heterocycles. The van der Waals surface area contributed by atoms with Crippen molar-refractivity contribution in [2.75, 3.05) is 19.8 Å². The first kappa shape index (κ1) is 15.6. The standard InChI is InChI=1S/C15H20N4OS/c1-11-5-6-13(9-12(11)2)19-8-7-16-15(19)21-10-14(20)17-18(3)4/h5-9H,10H2,1-4H3,(H,17,20). The fourth-order valence-corrected chi connectivity index (χ4v) is 2.65. The first-order valence-corrected chi connectivity index (χ1v) is 7.66. The van der Waals surface area contributed by atoms with Gasteiger partial charge in [0.25, 0.3) is 0 Å². The van der Waals surface area contributed by atoms with Crippen molar-refractivity contribution in [1.82, 2.24) is 20.0 Å². The van der Waals surface area contributed by atoms with Gasteiger partial charge in [0.15, 0.2) is 5.16 Å². The predicted molar refractivity (Wildman–Crippen MR) is 85.6 cm³/mol. The molecule has 0 aliphatic rings. The Bertz CT molecular complexity index is 636. The van der Waals surface area contributed by atoms with Crippen molar-refractivity contribution in [2.24, 2.45) is 0 Å². The van der Waals surface area contributed by atoms with Gasteiger partial charge in [-0.25, -0.2) is 9.99 Å². The van der Waals surface area contributed by atoms with Crippen LogP contribution in [0.4, 0.5) is 0 Å². The van der Waals surface area contributed by atoms with E-state index in [0.717, 1.165) is 10.8 Å². The summed E-state index contributed by atoms with van der Waals surface area (Å²) in [5.74, 6) is 0.291. The van der Waals surface area contributed by atoms with Crippen molar-refractivity contribution in [3.05, 3.63) is 41.7 Å². The molecule has 1 amide bonds. The molecule has 1 aromatic heterocycles. The van der Waals surface area contributed by atoms with E-state index in [9.17, 15) is 4.79 Å². The van der Waals surface area contributed by atoms with Crippen LogP contribution in [0.3, 0.4) is 0 Å². The van der Waals surface area contributed by atoms with Crippen molar-refractivity contribution in [3.63, 3.8) is 0 Å². The summed E-state index contributed by atoms with van der Waals surface area (Å²) < 4.78 is 2.00. The van der Waals surface area contributed by atoms with E-state index in [1.807, 2.05) is 10.8 Å². The second kappa shape index (κ2) is 6.78. The van der Waals surface area contributed by atoms with Crippen LogP contribution in [0.5, 0.6) is 0 Å². The van der Waals surface area contributed by atoms with Gasteiger partial charge in [-0.05, 0) is 37.1 Å². The average molecular weight is 304 g/mol. The van der Waals surface area contributed by atoms with E-state index in [1.54, 1.807) is 25.3 Å².